The molecule has 3 heteroatoms. The van der Waals surface area contributed by atoms with Gasteiger partial charge in [-0.25, -0.2) is 0 Å². The van der Waals surface area contributed by atoms with Crippen LogP contribution in [0, 0.1) is 11.3 Å². The quantitative estimate of drug-likeness (QED) is 0.883. The van der Waals surface area contributed by atoms with Crippen LogP contribution in [0.2, 0.25) is 0 Å². The first-order chi connectivity index (χ1) is 8.83. The number of nitrogens with one attached hydrogen (secondary N) is 1. The maximum absolute atomic E-state index is 8.81. The largest absolute Gasteiger partial charge is 0.370 e. The molecule has 0 saturated carbocycles. The summed E-state index contributed by atoms with van der Waals surface area (Å²) < 4.78 is 0. The van der Waals surface area contributed by atoms with Gasteiger partial charge < -0.3 is 10.2 Å². The Balaban J connectivity index is 2.00. The molecule has 1 saturated heterocycles. The Labute approximate surface area is 109 Å². The number of hydrogen-bond acceptors (Lipinski definition) is 3. The highest BCUT2D eigenvalue weighted by molar-refractivity contribution is 5.49. The van der Waals surface area contributed by atoms with Crippen LogP contribution < -0.4 is 10.2 Å². The molecule has 1 aliphatic heterocycles. The highest BCUT2D eigenvalue weighted by Gasteiger charge is 2.15. The average Bonchev–Trinajstić information content (AvgIpc) is 2.46. The minimum Gasteiger partial charge on any atom is -0.370 e. The lowest BCUT2D eigenvalue weighted by Gasteiger charge is -2.31. The molecular formula is C15H21N3. The lowest BCUT2D eigenvalue weighted by atomic mass is 10.0. The standard InChI is InChI=1S/C15H21N3/c1-2-18(12-14-5-3-4-10-17-14)15-8-6-13(11-16)7-9-15/h6-9,14,17H,2-5,10,12H2,1H3. The van der Waals surface area contributed by atoms with Gasteiger partial charge in [0.25, 0.3) is 0 Å². The monoisotopic (exact) mass is 243 g/mol. The number of benzene rings is 1. The first-order valence-corrected chi connectivity index (χ1v) is 6.82. The summed E-state index contributed by atoms with van der Waals surface area (Å²) in [6.45, 7) is 5.39. The Hall–Kier alpha value is -1.53. The summed E-state index contributed by atoms with van der Waals surface area (Å²) in [5.74, 6) is 0. The predicted molar refractivity (Wildman–Crippen MR) is 74.7 cm³/mol. The van der Waals surface area contributed by atoms with Crippen LogP contribution in [0.4, 0.5) is 5.69 Å². The zero-order valence-electron chi connectivity index (χ0n) is 11.0. The molecule has 1 aromatic rings. The Morgan fingerprint density at radius 1 is 1.33 bits per heavy atom. The number of hydrogen-bond donors (Lipinski definition) is 1. The number of nitriles is 1. The van der Waals surface area contributed by atoms with E-state index < -0.39 is 0 Å². The van der Waals surface area contributed by atoms with E-state index in [4.69, 9.17) is 5.26 Å². The van der Waals surface area contributed by atoms with Crippen LogP contribution in [-0.2, 0) is 0 Å². The first kappa shape index (κ1) is 12.9. The third-order valence-electron chi connectivity index (χ3n) is 3.60. The van der Waals surface area contributed by atoms with Gasteiger partial charge in [-0.2, -0.15) is 5.26 Å². The van der Waals surface area contributed by atoms with Crippen molar-refractivity contribution in [3.05, 3.63) is 29.8 Å². The van der Waals surface area contributed by atoms with Gasteiger partial charge in [0.2, 0.25) is 0 Å². The summed E-state index contributed by atoms with van der Waals surface area (Å²) in [6.07, 6.45) is 3.91. The molecule has 0 spiro atoms. The second kappa shape index (κ2) is 6.42. The van der Waals surface area contributed by atoms with Crippen molar-refractivity contribution in [1.82, 2.24) is 5.32 Å². The van der Waals surface area contributed by atoms with E-state index in [1.165, 1.54) is 24.9 Å². The summed E-state index contributed by atoms with van der Waals surface area (Å²) in [5.41, 5.74) is 1.94. The summed E-state index contributed by atoms with van der Waals surface area (Å²) in [5, 5.41) is 12.4. The second-order valence-corrected chi connectivity index (χ2v) is 4.84. The molecule has 1 unspecified atom stereocenters. The van der Waals surface area contributed by atoms with Gasteiger partial charge in [0, 0.05) is 24.8 Å². The number of nitrogens with zero attached hydrogens (tertiary/aromatic N) is 2. The van der Waals surface area contributed by atoms with E-state index in [1.54, 1.807) is 0 Å². The van der Waals surface area contributed by atoms with E-state index in [0.717, 1.165) is 25.2 Å². The van der Waals surface area contributed by atoms with Crippen LogP contribution in [0.25, 0.3) is 0 Å². The van der Waals surface area contributed by atoms with Crippen molar-refractivity contribution < 1.29 is 0 Å². The van der Waals surface area contributed by atoms with E-state index in [2.05, 4.69) is 23.2 Å². The smallest absolute Gasteiger partial charge is 0.0991 e. The topological polar surface area (TPSA) is 39.1 Å². The molecule has 1 atom stereocenters. The van der Waals surface area contributed by atoms with E-state index >= 15 is 0 Å². The summed E-state index contributed by atoms with van der Waals surface area (Å²) in [4.78, 5) is 2.38. The van der Waals surface area contributed by atoms with Crippen LogP contribution in [0.5, 0.6) is 0 Å². The van der Waals surface area contributed by atoms with E-state index in [-0.39, 0.29) is 0 Å². The summed E-state index contributed by atoms with van der Waals surface area (Å²) in [6, 6.07) is 10.7. The molecule has 96 valence electrons. The van der Waals surface area contributed by atoms with E-state index in [0.29, 0.717) is 6.04 Å². The molecule has 1 N–H and O–H groups in total. The van der Waals surface area contributed by atoms with Crippen LogP contribution in [0.3, 0.4) is 0 Å². The van der Waals surface area contributed by atoms with Crippen LogP contribution in [0.15, 0.2) is 24.3 Å². The van der Waals surface area contributed by atoms with Crippen molar-refractivity contribution in [3.63, 3.8) is 0 Å². The fourth-order valence-electron chi connectivity index (χ4n) is 2.51. The number of rotatable bonds is 4. The van der Waals surface area contributed by atoms with Gasteiger partial charge >= 0.3 is 0 Å². The molecule has 1 aromatic carbocycles. The van der Waals surface area contributed by atoms with Crippen molar-refractivity contribution in [2.24, 2.45) is 0 Å². The highest BCUT2D eigenvalue weighted by Crippen LogP contribution is 2.17. The lowest BCUT2D eigenvalue weighted by molar-refractivity contribution is 0.400. The lowest BCUT2D eigenvalue weighted by Crippen LogP contribution is -2.43. The zero-order chi connectivity index (χ0) is 12.8. The molecule has 3 nitrogen and oxygen atoms in total. The molecule has 2 rings (SSSR count). The minimum atomic E-state index is 0.606. The van der Waals surface area contributed by atoms with Gasteiger partial charge in [0.1, 0.15) is 0 Å². The Morgan fingerprint density at radius 2 is 2.11 bits per heavy atom. The molecule has 0 radical (unpaired) electrons. The van der Waals surface area contributed by atoms with Crippen LogP contribution in [-0.4, -0.2) is 25.7 Å². The maximum Gasteiger partial charge on any atom is 0.0991 e. The molecule has 18 heavy (non-hydrogen) atoms. The molecule has 0 aliphatic carbocycles. The van der Waals surface area contributed by atoms with Crippen LogP contribution in [0.1, 0.15) is 31.7 Å². The van der Waals surface area contributed by atoms with Crippen molar-refractivity contribution in [2.45, 2.75) is 32.2 Å². The van der Waals surface area contributed by atoms with Gasteiger partial charge in [0.15, 0.2) is 0 Å². The molecule has 0 aromatic heterocycles. The van der Waals surface area contributed by atoms with E-state index in [1.807, 2.05) is 24.3 Å². The maximum atomic E-state index is 8.81. The van der Waals surface area contributed by atoms with Gasteiger partial charge in [-0.15, -0.1) is 0 Å². The first-order valence-electron chi connectivity index (χ1n) is 6.82. The zero-order valence-corrected chi connectivity index (χ0v) is 11.0. The predicted octanol–water partition coefficient (Wildman–Crippen LogP) is 2.53. The Bertz CT molecular complexity index is 399. The second-order valence-electron chi connectivity index (χ2n) is 4.84. The minimum absolute atomic E-state index is 0.606. The summed E-state index contributed by atoms with van der Waals surface area (Å²) >= 11 is 0. The molecular weight excluding hydrogens is 222 g/mol. The van der Waals surface area contributed by atoms with Gasteiger partial charge in [-0.1, -0.05) is 6.42 Å². The summed E-state index contributed by atoms with van der Waals surface area (Å²) in [7, 11) is 0. The molecule has 1 aliphatic rings. The normalized spacial score (nSPS) is 19.2. The SMILES string of the molecule is CCN(CC1CCCCN1)c1ccc(C#N)cc1. The third kappa shape index (κ3) is 3.24. The number of likely N-dealkylation sites (N-methyl/N-ethyl adjacent to an activating group) is 1. The van der Waals surface area contributed by atoms with Crippen LogP contribution >= 0.6 is 0 Å². The van der Waals surface area contributed by atoms with Crippen molar-refractivity contribution in [1.29, 1.82) is 5.26 Å². The van der Waals surface area contributed by atoms with Gasteiger partial charge in [-0.3, -0.25) is 0 Å². The highest BCUT2D eigenvalue weighted by atomic mass is 15.2. The van der Waals surface area contributed by atoms with Crippen molar-refractivity contribution in [3.8, 4) is 6.07 Å². The van der Waals surface area contributed by atoms with Gasteiger partial charge in [0.05, 0.1) is 11.6 Å². The van der Waals surface area contributed by atoms with Gasteiger partial charge in [-0.05, 0) is 50.6 Å². The number of piperidine rings is 1. The average molecular weight is 243 g/mol. The fraction of sp³-hybridized carbons (Fsp3) is 0.533. The van der Waals surface area contributed by atoms with Crippen molar-refractivity contribution >= 4 is 5.69 Å². The Kier molecular flexibility index (Phi) is 4.60. The number of anilines is 1. The fourth-order valence-corrected chi connectivity index (χ4v) is 2.51. The molecule has 1 heterocycles. The Morgan fingerprint density at radius 3 is 2.67 bits per heavy atom. The molecule has 0 amide bonds. The van der Waals surface area contributed by atoms with E-state index in [9.17, 15) is 0 Å². The molecule has 1 fully saturated rings. The van der Waals surface area contributed by atoms with Crippen molar-refractivity contribution in [2.75, 3.05) is 24.5 Å². The third-order valence-corrected chi connectivity index (χ3v) is 3.60. The molecule has 0 bridgehead atoms.